The van der Waals surface area contributed by atoms with E-state index in [0.29, 0.717) is 0 Å². The Kier molecular flexibility index (Phi) is 5.09. The van der Waals surface area contributed by atoms with Crippen molar-refractivity contribution in [2.24, 2.45) is 0 Å². The molecule has 1 rings (SSSR count). The van der Waals surface area contributed by atoms with Gasteiger partial charge in [0.15, 0.2) is 0 Å². The van der Waals surface area contributed by atoms with Gasteiger partial charge in [-0.2, -0.15) is 0 Å². The summed E-state index contributed by atoms with van der Waals surface area (Å²) in [6.45, 7) is 0. The molecule has 0 atom stereocenters. The number of hydrogen-bond donors (Lipinski definition) is 0. The van der Waals surface area contributed by atoms with Crippen LogP contribution in [0.5, 0.6) is 0 Å². The summed E-state index contributed by atoms with van der Waals surface area (Å²) in [5.74, 6) is 0. The molecule has 0 aliphatic carbocycles. The molecule has 0 aromatic heterocycles. The third-order valence-corrected chi connectivity index (χ3v) is 3.19. The van der Waals surface area contributed by atoms with Gasteiger partial charge in [-0.05, 0) is 28.4 Å². The van der Waals surface area contributed by atoms with Gasteiger partial charge in [-0.25, -0.2) is 0 Å². The van der Waals surface area contributed by atoms with Crippen LogP contribution in [0.4, 0.5) is 0 Å². The molecule has 1 aromatic carbocycles. The lowest BCUT2D eigenvalue weighted by atomic mass is 10.1. The highest BCUT2D eigenvalue weighted by atomic mass is 32.2. The lowest BCUT2D eigenvalue weighted by Crippen LogP contribution is -1.85. The maximum absolute atomic E-state index is 2.22. The lowest BCUT2D eigenvalue weighted by Gasteiger charge is -2.03. The van der Waals surface area contributed by atoms with Gasteiger partial charge in [0.1, 0.15) is 0 Å². The van der Waals surface area contributed by atoms with Crippen molar-refractivity contribution in [3.05, 3.63) is 46.2 Å². The van der Waals surface area contributed by atoms with Crippen LogP contribution in [0.15, 0.2) is 40.6 Å². The summed E-state index contributed by atoms with van der Waals surface area (Å²) in [6, 6.07) is 10.6. The Morgan fingerprint density at radius 2 is 1.92 bits per heavy atom. The molecule has 0 fully saturated rings. The average molecular weight is 210 g/mol. The van der Waals surface area contributed by atoms with Crippen molar-refractivity contribution >= 4 is 23.5 Å². The highest BCUT2D eigenvalue weighted by molar-refractivity contribution is 8.05. The van der Waals surface area contributed by atoms with E-state index in [1.165, 1.54) is 10.5 Å². The van der Waals surface area contributed by atoms with Gasteiger partial charge in [-0.15, -0.1) is 23.5 Å². The quantitative estimate of drug-likeness (QED) is 0.741. The Morgan fingerprint density at radius 1 is 1.23 bits per heavy atom. The summed E-state index contributed by atoms with van der Waals surface area (Å²) in [5.41, 5.74) is 1.39. The van der Waals surface area contributed by atoms with Gasteiger partial charge < -0.3 is 0 Å². The highest BCUT2D eigenvalue weighted by Crippen LogP contribution is 2.20. The van der Waals surface area contributed by atoms with Crippen LogP contribution in [0.3, 0.4) is 0 Å². The van der Waals surface area contributed by atoms with E-state index in [-0.39, 0.29) is 0 Å². The van der Waals surface area contributed by atoms with Crippen molar-refractivity contribution in [2.45, 2.75) is 6.42 Å². The molecule has 0 radical (unpaired) electrons. The normalized spacial score (nSPS) is 11.7. The van der Waals surface area contributed by atoms with Gasteiger partial charge in [-0.1, -0.05) is 30.3 Å². The predicted octanol–water partition coefficient (Wildman–Crippen LogP) is 3.80. The van der Waals surface area contributed by atoms with Gasteiger partial charge >= 0.3 is 0 Å². The lowest BCUT2D eigenvalue weighted by molar-refractivity contribution is 1.25. The summed E-state index contributed by atoms with van der Waals surface area (Å²) >= 11 is 3.60. The van der Waals surface area contributed by atoms with Gasteiger partial charge in [0.05, 0.1) is 0 Å². The summed E-state index contributed by atoms with van der Waals surface area (Å²) in [7, 11) is 0. The van der Waals surface area contributed by atoms with Crippen LogP contribution in [0.25, 0.3) is 0 Å². The second-order valence-corrected chi connectivity index (χ2v) is 4.33. The van der Waals surface area contributed by atoms with E-state index in [1.54, 1.807) is 11.8 Å². The molecule has 0 nitrogen and oxygen atoms in total. The number of hydrogen-bond acceptors (Lipinski definition) is 2. The number of rotatable bonds is 4. The molecular weight excluding hydrogens is 196 g/mol. The number of allylic oxidation sites excluding steroid dienone is 1. The molecule has 70 valence electrons. The van der Waals surface area contributed by atoms with E-state index in [9.17, 15) is 0 Å². The zero-order valence-corrected chi connectivity index (χ0v) is 9.62. The molecule has 0 saturated carbocycles. The van der Waals surface area contributed by atoms with Crippen LogP contribution in [-0.4, -0.2) is 12.5 Å². The Bertz CT molecular complexity index is 265. The molecule has 0 heterocycles. The van der Waals surface area contributed by atoms with E-state index in [2.05, 4.69) is 48.3 Å². The fraction of sp³-hybridized carbons (Fsp3) is 0.273. The first-order chi connectivity index (χ1) is 6.36. The van der Waals surface area contributed by atoms with Crippen LogP contribution in [0.2, 0.25) is 0 Å². The second-order valence-electron chi connectivity index (χ2n) is 2.69. The minimum absolute atomic E-state index is 1.06. The van der Waals surface area contributed by atoms with Crippen LogP contribution in [0.1, 0.15) is 5.56 Å². The molecule has 0 unspecified atom stereocenters. The second kappa shape index (κ2) is 6.17. The maximum atomic E-state index is 2.22. The van der Waals surface area contributed by atoms with Crippen LogP contribution in [-0.2, 0) is 6.42 Å². The molecule has 1 aromatic rings. The summed E-state index contributed by atoms with van der Waals surface area (Å²) < 4.78 is 0. The minimum Gasteiger partial charge on any atom is -0.137 e. The molecule has 0 spiro atoms. The predicted molar refractivity (Wildman–Crippen MR) is 65.3 cm³/mol. The molecular formula is C11H14S2. The van der Waals surface area contributed by atoms with E-state index in [1.807, 2.05) is 11.8 Å². The Balaban J connectivity index is 2.62. The number of thioether (sulfide) groups is 2. The Hall–Kier alpha value is -0.340. The average Bonchev–Trinajstić information content (AvgIpc) is 2.19. The summed E-state index contributed by atoms with van der Waals surface area (Å²) in [5, 5.41) is 2.22. The first kappa shape index (κ1) is 10.7. The first-order valence-electron chi connectivity index (χ1n) is 4.16. The molecule has 0 N–H and O–H groups in total. The van der Waals surface area contributed by atoms with Crippen molar-refractivity contribution in [1.29, 1.82) is 0 Å². The molecule has 13 heavy (non-hydrogen) atoms. The summed E-state index contributed by atoms with van der Waals surface area (Å²) in [6.07, 6.45) is 5.29. The molecule has 0 aliphatic rings. The van der Waals surface area contributed by atoms with Crippen molar-refractivity contribution in [2.75, 3.05) is 12.5 Å². The Labute approximate surface area is 88.8 Å². The smallest absolute Gasteiger partial charge is 0.00394 e. The SMILES string of the molecule is CS/C=C(/Cc1ccccc1)SC. The fourth-order valence-electron chi connectivity index (χ4n) is 1.09. The zero-order valence-electron chi connectivity index (χ0n) is 7.99. The third kappa shape index (κ3) is 3.92. The van der Waals surface area contributed by atoms with Crippen LogP contribution < -0.4 is 0 Å². The number of benzene rings is 1. The molecule has 0 bridgehead atoms. The monoisotopic (exact) mass is 210 g/mol. The van der Waals surface area contributed by atoms with Crippen LogP contribution in [0, 0.1) is 0 Å². The molecule has 0 aliphatic heterocycles. The largest absolute Gasteiger partial charge is 0.137 e. The third-order valence-electron chi connectivity index (χ3n) is 1.73. The van der Waals surface area contributed by atoms with Gasteiger partial charge in [0.2, 0.25) is 0 Å². The minimum atomic E-state index is 1.06. The Morgan fingerprint density at radius 3 is 2.46 bits per heavy atom. The van der Waals surface area contributed by atoms with E-state index >= 15 is 0 Å². The van der Waals surface area contributed by atoms with E-state index < -0.39 is 0 Å². The topological polar surface area (TPSA) is 0 Å². The van der Waals surface area contributed by atoms with Gasteiger partial charge in [0, 0.05) is 6.42 Å². The van der Waals surface area contributed by atoms with Crippen molar-refractivity contribution in [3.8, 4) is 0 Å². The fourth-order valence-corrected chi connectivity index (χ4v) is 2.42. The molecule has 2 heteroatoms. The molecule has 0 saturated heterocycles. The maximum Gasteiger partial charge on any atom is 0.00394 e. The van der Waals surface area contributed by atoms with Gasteiger partial charge in [-0.3, -0.25) is 0 Å². The standard InChI is InChI=1S/C11H14S2/c1-12-9-11(13-2)8-10-6-4-3-5-7-10/h3-7,9H,8H2,1-2H3/b11-9-. The van der Waals surface area contributed by atoms with Gasteiger partial charge in [0.25, 0.3) is 0 Å². The zero-order chi connectivity index (χ0) is 9.52. The highest BCUT2D eigenvalue weighted by Gasteiger charge is 1.96. The van der Waals surface area contributed by atoms with Crippen molar-refractivity contribution in [1.82, 2.24) is 0 Å². The van der Waals surface area contributed by atoms with Crippen LogP contribution >= 0.6 is 23.5 Å². The van der Waals surface area contributed by atoms with Crippen molar-refractivity contribution < 1.29 is 0 Å². The van der Waals surface area contributed by atoms with E-state index in [4.69, 9.17) is 0 Å². The molecule has 0 amide bonds. The van der Waals surface area contributed by atoms with E-state index in [0.717, 1.165) is 6.42 Å². The first-order valence-corrected chi connectivity index (χ1v) is 6.68. The summed E-state index contributed by atoms with van der Waals surface area (Å²) in [4.78, 5) is 1.43. The van der Waals surface area contributed by atoms with Crippen molar-refractivity contribution in [3.63, 3.8) is 0 Å².